The van der Waals surface area contributed by atoms with Gasteiger partial charge in [-0.1, -0.05) is 6.92 Å². The number of rotatable bonds is 1. The molecule has 13 heavy (non-hydrogen) atoms. The molecule has 3 atom stereocenters. The van der Waals surface area contributed by atoms with Gasteiger partial charge in [0.2, 0.25) is 0 Å². The highest BCUT2D eigenvalue weighted by Gasteiger charge is 2.40. The van der Waals surface area contributed by atoms with Crippen molar-refractivity contribution in [1.82, 2.24) is 0 Å². The monoisotopic (exact) mass is 183 g/mol. The Kier molecular flexibility index (Phi) is 2.61. The van der Waals surface area contributed by atoms with Crippen molar-refractivity contribution >= 4 is 0 Å². The summed E-state index contributed by atoms with van der Waals surface area (Å²) in [6.07, 6.45) is 6.33. The summed E-state index contributed by atoms with van der Waals surface area (Å²) >= 11 is 0. The van der Waals surface area contributed by atoms with E-state index < -0.39 is 0 Å². The molecule has 1 aliphatic heterocycles. The fraction of sp³-hybridized carbons (Fsp3) is 1.00. The number of ether oxygens (including phenoxy) is 1. The summed E-state index contributed by atoms with van der Waals surface area (Å²) in [4.78, 5) is 0. The quantitative estimate of drug-likeness (QED) is 0.674. The first-order chi connectivity index (χ1) is 6.21. The molecule has 2 nitrogen and oxygen atoms in total. The van der Waals surface area contributed by atoms with Crippen molar-refractivity contribution in [3.63, 3.8) is 0 Å². The second-order valence-corrected chi connectivity index (χ2v) is 5.07. The van der Waals surface area contributed by atoms with Crippen molar-refractivity contribution in [2.45, 2.75) is 45.1 Å². The zero-order chi connectivity index (χ0) is 9.31. The molecular weight excluding hydrogens is 162 g/mol. The number of hydrogen-bond acceptors (Lipinski definition) is 2. The van der Waals surface area contributed by atoms with Gasteiger partial charge in [0.25, 0.3) is 0 Å². The molecule has 1 aliphatic carbocycles. The normalized spacial score (nSPS) is 46.6. The van der Waals surface area contributed by atoms with Gasteiger partial charge in [0, 0.05) is 19.3 Å². The average molecular weight is 183 g/mol. The van der Waals surface area contributed by atoms with E-state index in [1.54, 1.807) is 0 Å². The minimum absolute atomic E-state index is 0.451. The molecule has 0 aromatic heterocycles. The van der Waals surface area contributed by atoms with Crippen LogP contribution in [-0.4, -0.2) is 19.3 Å². The first-order valence-electron chi connectivity index (χ1n) is 5.54. The van der Waals surface area contributed by atoms with Gasteiger partial charge < -0.3 is 10.5 Å². The van der Waals surface area contributed by atoms with E-state index in [4.69, 9.17) is 10.5 Å². The second kappa shape index (κ2) is 3.58. The summed E-state index contributed by atoms with van der Waals surface area (Å²) in [5.41, 5.74) is 6.46. The van der Waals surface area contributed by atoms with E-state index in [2.05, 4.69) is 6.92 Å². The van der Waals surface area contributed by atoms with Crippen molar-refractivity contribution in [2.24, 2.45) is 17.1 Å². The highest BCUT2D eigenvalue weighted by atomic mass is 16.5. The molecule has 2 heteroatoms. The lowest BCUT2D eigenvalue weighted by Crippen LogP contribution is -2.33. The van der Waals surface area contributed by atoms with E-state index in [0.717, 1.165) is 19.1 Å². The summed E-state index contributed by atoms with van der Waals surface area (Å²) < 4.78 is 5.55. The first kappa shape index (κ1) is 9.47. The number of hydrogen-bond donors (Lipinski definition) is 1. The Hall–Kier alpha value is -0.0800. The minimum Gasteiger partial charge on any atom is -0.381 e. The van der Waals surface area contributed by atoms with Crippen molar-refractivity contribution in [3.05, 3.63) is 0 Å². The molecule has 0 aromatic carbocycles. The lowest BCUT2D eigenvalue weighted by molar-refractivity contribution is -0.000885. The average Bonchev–Trinajstić information content (AvgIpc) is 2.49. The maximum Gasteiger partial charge on any atom is 0.0499 e. The molecular formula is C11H21NO. The van der Waals surface area contributed by atoms with Crippen LogP contribution in [0.15, 0.2) is 0 Å². The van der Waals surface area contributed by atoms with Crippen LogP contribution >= 0.6 is 0 Å². The van der Waals surface area contributed by atoms with Crippen LogP contribution in [-0.2, 0) is 4.74 Å². The zero-order valence-electron chi connectivity index (χ0n) is 8.59. The van der Waals surface area contributed by atoms with Crippen LogP contribution < -0.4 is 5.73 Å². The van der Waals surface area contributed by atoms with Crippen LogP contribution in [0.3, 0.4) is 0 Å². The van der Waals surface area contributed by atoms with E-state index in [-0.39, 0.29) is 0 Å². The Morgan fingerprint density at radius 1 is 1.38 bits per heavy atom. The van der Waals surface area contributed by atoms with Gasteiger partial charge in [0.15, 0.2) is 0 Å². The van der Waals surface area contributed by atoms with Gasteiger partial charge in [0.1, 0.15) is 0 Å². The van der Waals surface area contributed by atoms with Gasteiger partial charge in [-0.2, -0.15) is 0 Å². The topological polar surface area (TPSA) is 35.2 Å². The summed E-state index contributed by atoms with van der Waals surface area (Å²) in [5, 5.41) is 0. The predicted octanol–water partition coefficient (Wildman–Crippen LogP) is 1.93. The molecule has 0 bridgehead atoms. The lowest BCUT2D eigenvalue weighted by atomic mass is 9.73. The molecule has 2 rings (SSSR count). The smallest absolute Gasteiger partial charge is 0.0499 e. The van der Waals surface area contributed by atoms with Crippen LogP contribution in [0.25, 0.3) is 0 Å². The van der Waals surface area contributed by atoms with E-state index >= 15 is 0 Å². The van der Waals surface area contributed by atoms with Gasteiger partial charge in [-0.25, -0.2) is 0 Å². The SMILES string of the molecule is CC1(C2CCCOC2)CCC(N)C1. The Balaban J connectivity index is 1.97. The summed E-state index contributed by atoms with van der Waals surface area (Å²) in [7, 11) is 0. The van der Waals surface area contributed by atoms with Gasteiger partial charge in [-0.15, -0.1) is 0 Å². The summed E-state index contributed by atoms with van der Waals surface area (Å²) in [5.74, 6) is 0.773. The zero-order valence-corrected chi connectivity index (χ0v) is 8.59. The van der Waals surface area contributed by atoms with Gasteiger partial charge in [0.05, 0.1) is 0 Å². The molecule has 3 unspecified atom stereocenters. The molecule has 2 fully saturated rings. The van der Waals surface area contributed by atoms with Crippen LogP contribution in [0, 0.1) is 11.3 Å². The second-order valence-electron chi connectivity index (χ2n) is 5.07. The van der Waals surface area contributed by atoms with Gasteiger partial charge in [-0.3, -0.25) is 0 Å². The van der Waals surface area contributed by atoms with Crippen molar-refractivity contribution in [1.29, 1.82) is 0 Å². The molecule has 1 saturated carbocycles. The van der Waals surface area contributed by atoms with Crippen molar-refractivity contribution < 1.29 is 4.74 Å². The van der Waals surface area contributed by atoms with E-state index in [0.29, 0.717) is 11.5 Å². The largest absolute Gasteiger partial charge is 0.381 e. The molecule has 2 N–H and O–H groups in total. The molecule has 2 aliphatic rings. The third-order valence-corrected chi connectivity index (χ3v) is 3.96. The van der Waals surface area contributed by atoms with Crippen LogP contribution in [0.2, 0.25) is 0 Å². The summed E-state index contributed by atoms with van der Waals surface area (Å²) in [6.45, 7) is 4.35. The Morgan fingerprint density at radius 2 is 2.23 bits per heavy atom. The fourth-order valence-corrected chi connectivity index (χ4v) is 2.98. The highest BCUT2D eigenvalue weighted by molar-refractivity contribution is 4.93. The first-order valence-corrected chi connectivity index (χ1v) is 5.54. The summed E-state index contributed by atoms with van der Waals surface area (Å²) in [6, 6.07) is 0.451. The van der Waals surface area contributed by atoms with E-state index in [1.807, 2.05) is 0 Å². The molecule has 0 spiro atoms. The maximum absolute atomic E-state index is 5.98. The third kappa shape index (κ3) is 1.89. The predicted molar refractivity (Wildman–Crippen MR) is 53.5 cm³/mol. The number of nitrogens with two attached hydrogens (primary N) is 1. The van der Waals surface area contributed by atoms with Crippen molar-refractivity contribution in [3.8, 4) is 0 Å². The van der Waals surface area contributed by atoms with Crippen LogP contribution in [0.4, 0.5) is 0 Å². The third-order valence-electron chi connectivity index (χ3n) is 3.96. The van der Waals surface area contributed by atoms with Crippen LogP contribution in [0.5, 0.6) is 0 Å². The standard InChI is InChI=1S/C11H21NO/c1-11(5-4-10(12)7-11)9-3-2-6-13-8-9/h9-10H,2-8,12H2,1H3. The Morgan fingerprint density at radius 3 is 2.77 bits per heavy atom. The van der Waals surface area contributed by atoms with E-state index in [1.165, 1.54) is 32.1 Å². The van der Waals surface area contributed by atoms with Gasteiger partial charge in [-0.05, 0) is 43.4 Å². The highest BCUT2D eigenvalue weighted by Crippen LogP contribution is 2.46. The molecule has 0 radical (unpaired) electrons. The van der Waals surface area contributed by atoms with Crippen molar-refractivity contribution in [2.75, 3.05) is 13.2 Å². The van der Waals surface area contributed by atoms with E-state index in [9.17, 15) is 0 Å². The lowest BCUT2D eigenvalue weighted by Gasteiger charge is -2.36. The molecule has 76 valence electrons. The molecule has 1 saturated heterocycles. The Bertz CT molecular complexity index is 177. The molecule has 0 aromatic rings. The minimum atomic E-state index is 0.451. The van der Waals surface area contributed by atoms with Crippen LogP contribution in [0.1, 0.15) is 39.0 Å². The Labute approximate surface area is 80.8 Å². The van der Waals surface area contributed by atoms with Gasteiger partial charge >= 0.3 is 0 Å². The maximum atomic E-state index is 5.98. The fourth-order valence-electron chi connectivity index (χ4n) is 2.98. The molecule has 0 amide bonds. The molecule has 1 heterocycles.